The van der Waals surface area contributed by atoms with Crippen molar-refractivity contribution >= 4 is 54.8 Å². The van der Waals surface area contributed by atoms with Gasteiger partial charge in [0.25, 0.3) is 0 Å². The molecule has 4 rings (SSSR count). The van der Waals surface area contributed by atoms with E-state index in [2.05, 4.69) is 46.8 Å². The first-order chi connectivity index (χ1) is 12.9. The highest BCUT2D eigenvalue weighted by molar-refractivity contribution is 9.11. The summed E-state index contributed by atoms with van der Waals surface area (Å²) >= 11 is 6.41. The quantitative estimate of drug-likeness (QED) is 0.343. The van der Waals surface area contributed by atoms with Crippen LogP contribution >= 0.6 is 31.9 Å². The van der Waals surface area contributed by atoms with Gasteiger partial charge in [0.1, 0.15) is 16.0 Å². The molecule has 8 heteroatoms. The zero-order valence-electron chi connectivity index (χ0n) is 14.1. The number of aromatic amines is 1. The van der Waals surface area contributed by atoms with Crippen LogP contribution in [0.5, 0.6) is 11.5 Å². The molecule has 27 heavy (non-hydrogen) atoms. The topological polar surface area (TPSA) is 86.4 Å². The number of aromatic hydroxyl groups is 2. The fraction of sp³-hybridized carbons (Fsp3) is 0.0526. The number of phenols is 2. The molecule has 0 fully saturated rings. The van der Waals surface area contributed by atoms with E-state index >= 15 is 0 Å². The van der Waals surface area contributed by atoms with Crippen molar-refractivity contribution in [3.63, 3.8) is 0 Å². The molecule has 0 radical (unpaired) electrons. The Morgan fingerprint density at radius 1 is 1.15 bits per heavy atom. The number of fused-ring (bicyclic) bond motifs is 1. The van der Waals surface area contributed by atoms with Crippen LogP contribution in [-0.2, 0) is 7.05 Å². The summed E-state index contributed by atoms with van der Waals surface area (Å²) in [5, 5.41) is 20.0. The van der Waals surface area contributed by atoms with Crippen LogP contribution in [0.4, 0.5) is 5.69 Å². The van der Waals surface area contributed by atoms with Crippen LogP contribution in [0.1, 0.15) is 5.56 Å². The van der Waals surface area contributed by atoms with Crippen molar-refractivity contribution in [2.45, 2.75) is 0 Å². The van der Waals surface area contributed by atoms with E-state index in [0.717, 1.165) is 22.6 Å². The van der Waals surface area contributed by atoms with Crippen molar-refractivity contribution < 1.29 is 10.2 Å². The average Bonchev–Trinajstić information content (AvgIpc) is 3.26. The summed E-state index contributed by atoms with van der Waals surface area (Å²) < 4.78 is 2.68. The van der Waals surface area contributed by atoms with Crippen LogP contribution in [0.3, 0.4) is 0 Å². The van der Waals surface area contributed by atoms with Crippen molar-refractivity contribution in [1.82, 2.24) is 14.5 Å². The highest BCUT2D eigenvalue weighted by Crippen LogP contribution is 2.40. The zero-order valence-corrected chi connectivity index (χ0v) is 17.3. The Labute approximate surface area is 171 Å². The fourth-order valence-corrected chi connectivity index (χ4v) is 3.92. The molecule has 0 saturated heterocycles. The Morgan fingerprint density at radius 2 is 1.96 bits per heavy atom. The molecular weight excluding hydrogens is 476 g/mol. The number of aryl methyl sites for hydroxylation is 1. The maximum atomic E-state index is 10.1. The second kappa shape index (κ2) is 6.86. The summed E-state index contributed by atoms with van der Waals surface area (Å²) in [6.45, 7) is 0. The Bertz CT molecular complexity index is 1190. The summed E-state index contributed by atoms with van der Waals surface area (Å²) in [6, 6.07) is 11.2. The highest BCUT2D eigenvalue weighted by Gasteiger charge is 2.13. The molecule has 0 amide bonds. The molecule has 2 heterocycles. The third-order valence-electron chi connectivity index (χ3n) is 4.20. The Kier molecular flexibility index (Phi) is 4.53. The number of phenolic OH excluding ortho intramolecular Hbond substituents is 2. The highest BCUT2D eigenvalue weighted by atomic mass is 79.9. The van der Waals surface area contributed by atoms with Crippen LogP contribution in [-0.4, -0.2) is 31.0 Å². The zero-order chi connectivity index (χ0) is 19.1. The lowest BCUT2D eigenvalue weighted by atomic mass is 10.2. The molecule has 0 atom stereocenters. The number of aliphatic imine (C=N–C) groups is 1. The molecular formula is C19H14Br2N4O2. The van der Waals surface area contributed by atoms with Gasteiger partial charge in [-0.15, -0.1) is 0 Å². The maximum absolute atomic E-state index is 10.1. The predicted octanol–water partition coefficient (Wildman–Crippen LogP) is 5.26. The van der Waals surface area contributed by atoms with Gasteiger partial charge in [-0.2, -0.15) is 0 Å². The molecule has 2 aromatic carbocycles. The SMILES string of the molecule is Cn1cccc1-c1nc2cc(/N=C/c3cc(Br)c(O)c(Br)c3O)ccc2[nH]1. The van der Waals surface area contributed by atoms with Crippen molar-refractivity contribution in [1.29, 1.82) is 0 Å². The van der Waals surface area contributed by atoms with E-state index in [9.17, 15) is 10.2 Å². The number of nitrogens with zero attached hydrogens (tertiary/aromatic N) is 3. The summed E-state index contributed by atoms with van der Waals surface area (Å²) in [7, 11) is 1.97. The average molecular weight is 490 g/mol. The van der Waals surface area contributed by atoms with Crippen molar-refractivity contribution in [3.05, 3.63) is 57.1 Å². The molecule has 0 aliphatic rings. The minimum absolute atomic E-state index is 0.0594. The number of nitrogens with one attached hydrogen (secondary N) is 1. The maximum Gasteiger partial charge on any atom is 0.155 e. The van der Waals surface area contributed by atoms with Gasteiger partial charge in [0.2, 0.25) is 0 Å². The molecule has 3 N–H and O–H groups in total. The lowest BCUT2D eigenvalue weighted by Gasteiger charge is -2.06. The minimum Gasteiger partial charge on any atom is -0.506 e. The standard InChI is InChI=1S/C19H14Br2N4O2/c1-25-6-2-3-15(25)19-23-13-5-4-11(8-14(13)24-19)22-9-10-7-12(20)18(27)16(21)17(10)26/h2-9,26-27H,1H3,(H,23,24)/b22-9+. The van der Waals surface area contributed by atoms with Gasteiger partial charge in [-0.1, -0.05) is 0 Å². The van der Waals surface area contributed by atoms with E-state index in [-0.39, 0.29) is 16.0 Å². The molecule has 0 spiro atoms. The number of halogens is 2. The van der Waals surface area contributed by atoms with Gasteiger partial charge >= 0.3 is 0 Å². The Hall–Kier alpha value is -2.58. The second-order valence-corrected chi connectivity index (χ2v) is 7.66. The predicted molar refractivity (Wildman–Crippen MR) is 113 cm³/mol. The van der Waals surface area contributed by atoms with Gasteiger partial charge in [-0.3, -0.25) is 4.99 Å². The molecule has 4 aromatic rings. The molecule has 0 unspecified atom stereocenters. The molecule has 0 saturated carbocycles. The monoisotopic (exact) mass is 488 g/mol. The number of hydrogen-bond acceptors (Lipinski definition) is 4. The smallest absolute Gasteiger partial charge is 0.155 e. The molecule has 0 aliphatic carbocycles. The minimum atomic E-state index is -0.0775. The van der Waals surface area contributed by atoms with Crippen molar-refractivity contribution in [2.24, 2.45) is 12.0 Å². The van der Waals surface area contributed by atoms with E-state index < -0.39 is 0 Å². The first kappa shape index (κ1) is 17.8. The van der Waals surface area contributed by atoms with E-state index in [0.29, 0.717) is 15.7 Å². The van der Waals surface area contributed by atoms with Gasteiger partial charge in [-0.25, -0.2) is 4.98 Å². The third-order valence-corrected chi connectivity index (χ3v) is 5.56. The summed E-state index contributed by atoms with van der Waals surface area (Å²) in [5.74, 6) is 0.657. The van der Waals surface area contributed by atoms with Crippen molar-refractivity contribution in [3.8, 4) is 23.0 Å². The first-order valence-electron chi connectivity index (χ1n) is 7.99. The van der Waals surface area contributed by atoms with E-state index in [4.69, 9.17) is 0 Å². The van der Waals surface area contributed by atoms with Crippen LogP contribution in [0.2, 0.25) is 0 Å². The number of H-pyrrole nitrogens is 1. The second-order valence-electron chi connectivity index (χ2n) is 6.01. The number of aromatic nitrogens is 3. The van der Waals surface area contributed by atoms with E-state index in [1.54, 1.807) is 6.07 Å². The lowest BCUT2D eigenvalue weighted by Crippen LogP contribution is -1.90. The third kappa shape index (κ3) is 3.26. The van der Waals surface area contributed by atoms with Crippen LogP contribution in [0.25, 0.3) is 22.6 Å². The van der Waals surface area contributed by atoms with Gasteiger partial charge in [0.05, 0.1) is 26.9 Å². The fourth-order valence-electron chi connectivity index (χ4n) is 2.76. The van der Waals surface area contributed by atoms with Crippen LogP contribution in [0, 0.1) is 0 Å². The number of benzene rings is 2. The largest absolute Gasteiger partial charge is 0.506 e. The van der Waals surface area contributed by atoms with Crippen molar-refractivity contribution in [2.75, 3.05) is 0 Å². The number of imidazole rings is 1. The Balaban J connectivity index is 1.69. The summed E-state index contributed by atoms with van der Waals surface area (Å²) in [4.78, 5) is 12.4. The number of hydrogen-bond donors (Lipinski definition) is 3. The molecule has 0 aliphatic heterocycles. The van der Waals surface area contributed by atoms with Gasteiger partial charge in [-0.05, 0) is 68.3 Å². The van der Waals surface area contributed by atoms with Gasteiger partial charge in [0, 0.05) is 25.0 Å². The van der Waals surface area contributed by atoms with Gasteiger partial charge in [0.15, 0.2) is 5.82 Å². The molecule has 2 aromatic heterocycles. The van der Waals surface area contributed by atoms with Gasteiger partial charge < -0.3 is 19.8 Å². The normalized spacial score (nSPS) is 11.7. The molecule has 6 nitrogen and oxygen atoms in total. The van der Waals surface area contributed by atoms with E-state index in [1.807, 2.05) is 48.1 Å². The lowest BCUT2D eigenvalue weighted by molar-refractivity contribution is 0.442. The first-order valence-corrected chi connectivity index (χ1v) is 9.58. The van der Waals surface area contributed by atoms with Crippen LogP contribution < -0.4 is 0 Å². The Morgan fingerprint density at radius 3 is 2.70 bits per heavy atom. The molecule has 0 bridgehead atoms. The number of rotatable bonds is 3. The summed E-state index contributed by atoms with van der Waals surface area (Å²) in [5.41, 5.74) is 3.89. The molecule has 136 valence electrons. The van der Waals surface area contributed by atoms with Crippen LogP contribution in [0.15, 0.2) is 56.5 Å². The van der Waals surface area contributed by atoms with E-state index in [1.165, 1.54) is 6.21 Å². The summed E-state index contributed by atoms with van der Waals surface area (Å²) in [6.07, 6.45) is 3.51.